The van der Waals surface area contributed by atoms with Crippen molar-refractivity contribution in [3.8, 4) is 0 Å². The van der Waals surface area contributed by atoms with Gasteiger partial charge in [-0.2, -0.15) is 0 Å². The molecule has 0 aliphatic heterocycles. The number of hydrogen-bond donors (Lipinski definition) is 0. The molecule has 1 aromatic rings. The summed E-state index contributed by atoms with van der Waals surface area (Å²) in [7, 11) is 0. The summed E-state index contributed by atoms with van der Waals surface area (Å²) in [6.07, 6.45) is 2.56. The van der Waals surface area contributed by atoms with E-state index in [0.29, 0.717) is 11.8 Å². The van der Waals surface area contributed by atoms with Crippen LogP contribution in [0.5, 0.6) is 0 Å². The molecule has 0 saturated carbocycles. The number of rotatable bonds is 5. The van der Waals surface area contributed by atoms with E-state index < -0.39 is 5.67 Å². The molecule has 0 nitrogen and oxygen atoms in total. The second kappa shape index (κ2) is 5.50. The summed E-state index contributed by atoms with van der Waals surface area (Å²) in [6, 6.07) is 9.41. The van der Waals surface area contributed by atoms with E-state index in [1.807, 2.05) is 30.3 Å². The van der Waals surface area contributed by atoms with Crippen LogP contribution in [-0.4, -0.2) is 5.33 Å². The quantitative estimate of drug-likeness (QED) is 0.686. The van der Waals surface area contributed by atoms with Crippen LogP contribution in [0.4, 0.5) is 4.39 Å². The van der Waals surface area contributed by atoms with Crippen LogP contribution in [0.25, 0.3) is 0 Å². The molecule has 1 atom stereocenters. The largest absolute Gasteiger partial charge is 0.238 e. The highest BCUT2D eigenvalue weighted by atomic mass is 79.9. The van der Waals surface area contributed by atoms with Gasteiger partial charge in [-0.1, -0.05) is 66.0 Å². The minimum Gasteiger partial charge on any atom is -0.238 e. The lowest BCUT2D eigenvalue weighted by atomic mass is 9.92. The third-order valence-corrected chi connectivity index (χ3v) is 3.32. The van der Waals surface area contributed by atoms with Crippen molar-refractivity contribution in [3.63, 3.8) is 0 Å². The number of halogens is 2. The van der Waals surface area contributed by atoms with E-state index in [4.69, 9.17) is 0 Å². The normalized spacial score (nSPS) is 15.1. The highest BCUT2D eigenvalue weighted by Crippen LogP contribution is 2.33. The molecule has 0 bridgehead atoms. The van der Waals surface area contributed by atoms with Gasteiger partial charge < -0.3 is 0 Å². The second-order valence-electron chi connectivity index (χ2n) is 3.57. The fourth-order valence-corrected chi connectivity index (χ4v) is 2.09. The average molecular weight is 259 g/mol. The number of alkyl halides is 2. The van der Waals surface area contributed by atoms with Gasteiger partial charge in [-0.25, -0.2) is 4.39 Å². The van der Waals surface area contributed by atoms with Gasteiger partial charge in [0.25, 0.3) is 0 Å². The highest BCUT2D eigenvalue weighted by Gasteiger charge is 2.29. The zero-order valence-electron chi connectivity index (χ0n) is 8.47. The maximum absolute atomic E-state index is 14.4. The molecule has 2 heteroatoms. The Kier molecular flexibility index (Phi) is 4.59. The molecule has 78 valence electrons. The first-order valence-corrected chi connectivity index (χ1v) is 6.15. The first kappa shape index (κ1) is 11.7. The van der Waals surface area contributed by atoms with Crippen molar-refractivity contribution in [1.29, 1.82) is 0 Å². The van der Waals surface area contributed by atoms with Crippen molar-refractivity contribution in [2.45, 2.75) is 31.9 Å². The van der Waals surface area contributed by atoms with Crippen molar-refractivity contribution in [1.82, 2.24) is 0 Å². The fraction of sp³-hybridized carbons (Fsp3) is 0.500. The number of hydrogen-bond acceptors (Lipinski definition) is 0. The van der Waals surface area contributed by atoms with Gasteiger partial charge >= 0.3 is 0 Å². The number of unbranched alkanes of at least 4 members (excludes halogenated alkanes) is 1. The van der Waals surface area contributed by atoms with Crippen LogP contribution in [-0.2, 0) is 5.67 Å². The Balaban J connectivity index is 2.79. The van der Waals surface area contributed by atoms with Gasteiger partial charge in [0.2, 0.25) is 0 Å². The molecular formula is C12H16BrF. The Morgan fingerprint density at radius 2 is 1.93 bits per heavy atom. The maximum atomic E-state index is 14.4. The predicted octanol–water partition coefficient (Wildman–Crippen LogP) is 4.44. The Morgan fingerprint density at radius 3 is 2.43 bits per heavy atom. The van der Waals surface area contributed by atoms with E-state index in [2.05, 4.69) is 22.9 Å². The van der Waals surface area contributed by atoms with Crippen LogP contribution >= 0.6 is 15.9 Å². The topological polar surface area (TPSA) is 0 Å². The zero-order valence-corrected chi connectivity index (χ0v) is 10.1. The first-order valence-electron chi connectivity index (χ1n) is 5.03. The Bertz CT molecular complexity index is 260. The lowest BCUT2D eigenvalue weighted by Crippen LogP contribution is -2.21. The lowest BCUT2D eigenvalue weighted by molar-refractivity contribution is 0.180. The van der Waals surface area contributed by atoms with E-state index >= 15 is 0 Å². The van der Waals surface area contributed by atoms with Gasteiger partial charge in [-0.3, -0.25) is 0 Å². The Morgan fingerprint density at radius 1 is 1.29 bits per heavy atom. The standard InChI is InChI=1S/C12H16BrF/c1-2-3-9-12(14,10-13)11-7-5-4-6-8-11/h4-8H,2-3,9-10H2,1H3/t12-/m1/s1. The Labute approximate surface area is 93.7 Å². The van der Waals surface area contributed by atoms with Crippen LogP contribution < -0.4 is 0 Å². The predicted molar refractivity (Wildman–Crippen MR) is 62.5 cm³/mol. The van der Waals surface area contributed by atoms with Gasteiger partial charge in [0.15, 0.2) is 0 Å². The van der Waals surface area contributed by atoms with E-state index in [1.165, 1.54) is 0 Å². The van der Waals surface area contributed by atoms with Crippen molar-refractivity contribution in [2.75, 3.05) is 5.33 Å². The van der Waals surface area contributed by atoms with Gasteiger partial charge in [-0.15, -0.1) is 0 Å². The molecule has 14 heavy (non-hydrogen) atoms. The molecule has 0 aromatic heterocycles. The Hall–Kier alpha value is -0.370. The summed E-state index contributed by atoms with van der Waals surface area (Å²) in [5.74, 6) is 0. The van der Waals surface area contributed by atoms with Crippen LogP contribution in [0, 0.1) is 0 Å². The molecule has 0 amide bonds. The molecule has 0 aliphatic carbocycles. The molecule has 0 aliphatic rings. The van der Waals surface area contributed by atoms with Gasteiger partial charge in [-0.05, 0) is 12.0 Å². The molecule has 0 fully saturated rings. The molecule has 0 heterocycles. The lowest BCUT2D eigenvalue weighted by Gasteiger charge is -2.23. The molecule has 1 rings (SSSR count). The van der Waals surface area contributed by atoms with E-state index in [-0.39, 0.29) is 0 Å². The fourth-order valence-electron chi connectivity index (χ4n) is 1.48. The molecule has 0 radical (unpaired) electrons. The monoisotopic (exact) mass is 258 g/mol. The first-order chi connectivity index (χ1) is 6.73. The van der Waals surface area contributed by atoms with Crippen LogP contribution in [0.2, 0.25) is 0 Å². The third kappa shape index (κ3) is 2.81. The summed E-state index contributed by atoms with van der Waals surface area (Å²) >= 11 is 3.26. The summed E-state index contributed by atoms with van der Waals surface area (Å²) in [5.41, 5.74) is -0.414. The molecule has 0 spiro atoms. The molecule has 0 saturated heterocycles. The van der Waals surface area contributed by atoms with Crippen LogP contribution in [0.15, 0.2) is 30.3 Å². The molecule has 1 aromatic carbocycles. The molecule has 0 unspecified atom stereocenters. The summed E-state index contributed by atoms with van der Waals surface area (Å²) in [4.78, 5) is 0. The van der Waals surface area contributed by atoms with E-state index in [9.17, 15) is 4.39 Å². The van der Waals surface area contributed by atoms with Gasteiger partial charge in [0.1, 0.15) is 5.67 Å². The number of benzene rings is 1. The minimum atomic E-state index is -1.20. The highest BCUT2D eigenvalue weighted by molar-refractivity contribution is 9.09. The maximum Gasteiger partial charge on any atom is 0.145 e. The smallest absolute Gasteiger partial charge is 0.145 e. The van der Waals surface area contributed by atoms with Crippen molar-refractivity contribution < 1.29 is 4.39 Å². The minimum absolute atomic E-state index is 0.379. The van der Waals surface area contributed by atoms with Gasteiger partial charge in [0, 0.05) is 5.33 Å². The third-order valence-electron chi connectivity index (χ3n) is 2.43. The molecule has 0 N–H and O–H groups in total. The van der Waals surface area contributed by atoms with Crippen molar-refractivity contribution >= 4 is 15.9 Å². The van der Waals surface area contributed by atoms with Crippen molar-refractivity contribution in [3.05, 3.63) is 35.9 Å². The molecular weight excluding hydrogens is 243 g/mol. The summed E-state index contributed by atoms with van der Waals surface area (Å²) in [6.45, 7) is 2.08. The van der Waals surface area contributed by atoms with E-state index in [1.54, 1.807) is 0 Å². The van der Waals surface area contributed by atoms with Crippen LogP contribution in [0.1, 0.15) is 31.7 Å². The van der Waals surface area contributed by atoms with Gasteiger partial charge in [0.05, 0.1) is 0 Å². The summed E-state index contributed by atoms with van der Waals surface area (Å²) < 4.78 is 14.4. The van der Waals surface area contributed by atoms with E-state index in [0.717, 1.165) is 18.4 Å². The zero-order chi connectivity index (χ0) is 10.4. The average Bonchev–Trinajstić information content (AvgIpc) is 2.27. The van der Waals surface area contributed by atoms with Crippen molar-refractivity contribution in [2.24, 2.45) is 0 Å². The summed E-state index contributed by atoms with van der Waals surface area (Å²) in [5, 5.41) is 0.379. The van der Waals surface area contributed by atoms with Crippen LogP contribution in [0.3, 0.4) is 0 Å². The SMILES string of the molecule is CCCC[C@@](F)(CBr)c1ccccc1. The second-order valence-corrected chi connectivity index (χ2v) is 4.13.